The monoisotopic (exact) mass is 425 g/mol. The average molecular weight is 427 g/mol. The quantitative estimate of drug-likeness (QED) is 0.796. The van der Waals surface area contributed by atoms with Crippen molar-refractivity contribution < 1.29 is 14.3 Å². The highest BCUT2D eigenvalue weighted by molar-refractivity contribution is 9.10. The summed E-state index contributed by atoms with van der Waals surface area (Å²) in [5.41, 5.74) is 0.541. The van der Waals surface area contributed by atoms with Crippen LogP contribution in [0.25, 0.3) is 0 Å². The fourth-order valence-electron chi connectivity index (χ4n) is 2.58. The van der Waals surface area contributed by atoms with E-state index in [0.29, 0.717) is 35.4 Å². The minimum atomic E-state index is -0.213. The van der Waals surface area contributed by atoms with Crippen LogP contribution < -0.4 is 14.8 Å². The number of methoxy groups -OCH3 is 1. The number of benzene rings is 1. The maximum atomic E-state index is 12.5. The summed E-state index contributed by atoms with van der Waals surface area (Å²) in [5, 5.41) is 3.36. The molecule has 3 rings (SSSR count). The van der Waals surface area contributed by atoms with E-state index < -0.39 is 0 Å². The van der Waals surface area contributed by atoms with Crippen LogP contribution in [0.5, 0.6) is 11.6 Å². The third-order valence-corrected chi connectivity index (χ3v) is 4.53. The van der Waals surface area contributed by atoms with Crippen LogP contribution in [-0.4, -0.2) is 42.2 Å². The minimum absolute atomic E-state index is 0.0827. The van der Waals surface area contributed by atoms with E-state index in [1.54, 1.807) is 42.5 Å². The van der Waals surface area contributed by atoms with E-state index in [0.717, 1.165) is 10.9 Å². The number of carbonyl (C=O) groups is 1. The number of carbonyl (C=O) groups excluding carboxylic acids is 1. The highest BCUT2D eigenvalue weighted by atomic mass is 79.9. The summed E-state index contributed by atoms with van der Waals surface area (Å²) in [5.74, 6) is 1.11. The molecule has 2 amide bonds. The second kappa shape index (κ2) is 7.93. The van der Waals surface area contributed by atoms with Gasteiger partial charge in [0.15, 0.2) is 0 Å². The molecule has 1 aliphatic rings. The Kier molecular flexibility index (Phi) is 5.65. The zero-order valence-corrected chi connectivity index (χ0v) is 15.9. The molecule has 132 valence electrons. The summed E-state index contributed by atoms with van der Waals surface area (Å²) in [6.45, 7) is 1.10. The lowest BCUT2D eigenvalue weighted by molar-refractivity contribution is 0.190. The van der Waals surface area contributed by atoms with E-state index in [9.17, 15) is 4.79 Å². The van der Waals surface area contributed by atoms with Gasteiger partial charge in [-0.15, -0.1) is 0 Å². The standard InChI is InChI=1S/C17H17BrClN3O3/c1-24-15-4-3-12(19)8-14(15)21-17(23)22-7-6-13(10-22)25-16-5-2-11(18)9-20-16/h2-5,8-9,13H,6-7,10H2,1H3,(H,21,23). The molecule has 1 atom stereocenters. The Balaban J connectivity index is 1.59. The van der Waals surface area contributed by atoms with E-state index >= 15 is 0 Å². The second-order valence-electron chi connectivity index (χ2n) is 5.56. The van der Waals surface area contributed by atoms with Gasteiger partial charge >= 0.3 is 6.03 Å². The minimum Gasteiger partial charge on any atom is -0.495 e. The number of anilines is 1. The van der Waals surface area contributed by atoms with Crippen LogP contribution in [0.3, 0.4) is 0 Å². The first-order valence-electron chi connectivity index (χ1n) is 7.73. The molecule has 1 fully saturated rings. The lowest BCUT2D eigenvalue weighted by Crippen LogP contribution is -2.34. The number of rotatable bonds is 4. The van der Waals surface area contributed by atoms with Crippen LogP contribution in [0.1, 0.15) is 6.42 Å². The van der Waals surface area contributed by atoms with Gasteiger partial charge in [-0.2, -0.15) is 0 Å². The molecule has 2 heterocycles. The largest absolute Gasteiger partial charge is 0.495 e. The molecule has 1 unspecified atom stereocenters. The maximum absolute atomic E-state index is 12.5. The van der Waals surface area contributed by atoms with Gasteiger partial charge in [-0.25, -0.2) is 9.78 Å². The summed E-state index contributed by atoms with van der Waals surface area (Å²) in [4.78, 5) is 18.4. The average Bonchev–Trinajstić information content (AvgIpc) is 3.06. The van der Waals surface area contributed by atoms with Gasteiger partial charge in [0.1, 0.15) is 11.9 Å². The Morgan fingerprint density at radius 2 is 2.24 bits per heavy atom. The number of amides is 2. The van der Waals surface area contributed by atoms with Crippen LogP contribution in [0, 0.1) is 0 Å². The smallest absolute Gasteiger partial charge is 0.322 e. The summed E-state index contributed by atoms with van der Waals surface area (Å²) in [6.07, 6.45) is 2.35. The molecule has 6 nitrogen and oxygen atoms in total. The lowest BCUT2D eigenvalue weighted by Gasteiger charge is -2.19. The van der Waals surface area contributed by atoms with E-state index in [4.69, 9.17) is 21.1 Å². The zero-order valence-electron chi connectivity index (χ0n) is 13.5. The predicted molar refractivity (Wildman–Crippen MR) is 99.6 cm³/mol. The molecule has 0 saturated carbocycles. The van der Waals surface area contributed by atoms with E-state index in [-0.39, 0.29) is 12.1 Å². The maximum Gasteiger partial charge on any atom is 0.322 e. The number of halogens is 2. The topological polar surface area (TPSA) is 63.7 Å². The van der Waals surface area contributed by atoms with Crippen molar-refractivity contribution in [2.75, 3.05) is 25.5 Å². The van der Waals surface area contributed by atoms with Crippen molar-refractivity contribution in [3.8, 4) is 11.6 Å². The third kappa shape index (κ3) is 4.55. The summed E-state index contributed by atoms with van der Waals surface area (Å²) in [6, 6.07) is 8.54. The van der Waals surface area contributed by atoms with Crippen molar-refractivity contribution in [2.24, 2.45) is 0 Å². The summed E-state index contributed by atoms with van der Waals surface area (Å²) >= 11 is 9.33. The van der Waals surface area contributed by atoms with Crippen molar-refractivity contribution in [3.63, 3.8) is 0 Å². The molecule has 1 aromatic carbocycles. The van der Waals surface area contributed by atoms with Gasteiger partial charge < -0.3 is 19.7 Å². The fraction of sp³-hybridized carbons (Fsp3) is 0.294. The van der Waals surface area contributed by atoms with Gasteiger partial charge in [-0.1, -0.05) is 11.6 Å². The SMILES string of the molecule is COc1ccc(Cl)cc1NC(=O)N1CCC(Oc2ccc(Br)cn2)C1. The number of aromatic nitrogens is 1. The van der Waals surface area contributed by atoms with Gasteiger partial charge in [-0.05, 0) is 40.2 Å². The van der Waals surface area contributed by atoms with Crippen molar-refractivity contribution in [2.45, 2.75) is 12.5 Å². The number of likely N-dealkylation sites (tertiary alicyclic amines) is 1. The molecule has 8 heteroatoms. The lowest BCUT2D eigenvalue weighted by atomic mass is 10.3. The number of nitrogens with zero attached hydrogens (tertiary/aromatic N) is 2. The Labute approximate surface area is 159 Å². The zero-order chi connectivity index (χ0) is 17.8. The first kappa shape index (κ1) is 17.8. The predicted octanol–water partition coefficient (Wildman–Crippen LogP) is 4.19. The van der Waals surface area contributed by atoms with Crippen LogP contribution >= 0.6 is 27.5 Å². The van der Waals surface area contributed by atoms with Crippen LogP contribution in [0.4, 0.5) is 10.5 Å². The fourth-order valence-corrected chi connectivity index (χ4v) is 2.99. The van der Waals surface area contributed by atoms with Crippen molar-refractivity contribution >= 4 is 39.2 Å². The molecule has 0 radical (unpaired) electrons. The molecule has 1 N–H and O–H groups in total. The molecule has 25 heavy (non-hydrogen) atoms. The van der Waals surface area contributed by atoms with Gasteiger partial charge in [0.2, 0.25) is 5.88 Å². The van der Waals surface area contributed by atoms with Gasteiger partial charge in [-0.3, -0.25) is 0 Å². The number of urea groups is 1. The summed E-state index contributed by atoms with van der Waals surface area (Å²) < 4.78 is 12.0. The van der Waals surface area contributed by atoms with E-state index in [1.165, 1.54) is 0 Å². The molecule has 0 bridgehead atoms. The first-order chi connectivity index (χ1) is 12.0. The van der Waals surface area contributed by atoms with Gasteiger partial charge in [0, 0.05) is 34.7 Å². The van der Waals surface area contributed by atoms with E-state index in [1.807, 2.05) is 6.07 Å². The van der Waals surface area contributed by atoms with Crippen molar-refractivity contribution in [1.29, 1.82) is 0 Å². The third-order valence-electron chi connectivity index (χ3n) is 3.82. The Morgan fingerprint density at radius 1 is 1.40 bits per heavy atom. The van der Waals surface area contributed by atoms with E-state index in [2.05, 4.69) is 26.2 Å². The normalized spacial score (nSPS) is 16.6. The molecule has 1 aliphatic heterocycles. The Morgan fingerprint density at radius 3 is 2.96 bits per heavy atom. The van der Waals surface area contributed by atoms with Gasteiger partial charge in [0.25, 0.3) is 0 Å². The molecule has 2 aromatic rings. The van der Waals surface area contributed by atoms with Crippen molar-refractivity contribution in [3.05, 3.63) is 46.0 Å². The number of pyridine rings is 1. The van der Waals surface area contributed by atoms with Crippen LogP contribution in [-0.2, 0) is 0 Å². The molecule has 0 spiro atoms. The summed E-state index contributed by atoms with van der Waals surface area (Å²) in [7, 11) is 1.55. The molecular formula is C17H17BrClN3O3. The Hall–Kier alpha value is -1.99. The van der Waals surface area contributed by atoms with Crippen LogP contribution in [0.2, 0.25) is 5.02 Å². The van der Waals surface area contributed by atoms with Crippen molar-refractivity contribution in [1.82, 2.24) is 9.88 Å². The highest BCUT2D eigenvalue weighted by Crippen LogP contribution is 2.28. The van der Waals surface area contributed by atoms with Crippen LogP contribution in [0.15, 0.2) is 41.0 Å². The number of nitrogens with one attached hydrogen (secondary N) is 1. The molecule has 1 aromatic heterocycles. The number of ether oxygens (including phenoxy) is 2. The molecular weight excluding hydrogens is 410 g/mol. The molecule has 1 saturated heterocycles. The number of hydrogen-bond donors (Lipinski definition) is 1. The second-order valence-corrected chi connectivity index (χ2v) is 6.92. The molecule has 0 aliphatic carbocycles. The number of hydrogen-bond acceptors (Lipinski definition) is 4. The Bertz CT molecular complexity index is 757. The highest BCUT2D eigenvalue weighted by Gasteiger charge is 2.28. The van der Waals surface area contributed by atoms with Gasteiger partial charge in [0.05, 0.1) is 19.3 Å². The first-order valence-corrected chi connectivity index (χ1v) is 8.90.